The summed E-state index contributed by atoms with van der Waals surface area (Å²) in [6.45, 7) is 3.24. The molecule has 1 aromatic carbocycles. The number of nitrogens with one attached hydrogen (secondary N) is 3. The third-order valence-corrected chi connectivity index (χ3v) is 10.8. The fourth-order valence-electron chi connectivity index (χ4n) is 4.60. The maximum atomic E-state index is 13.4. The van der Waals surface area contributed by atoms with Crippen molar-refractivity contribution in [3.8, 4) is 11.5 Å². The minimum absolute atomic E-state index is 0.0308. The zero-order valence-corrected chi connectivity index (χ0v) is 30.8. The number of anilines is 1. The number of β-lactam (4-membered cyclic amide) rings is 1. The fourth-order valence-corrected chi connectivity index (χ4v) is 8.45. The van der Waals surface area contributed by atoms with E-state index in [1.165, 1.54) is 52.4 Å². The molecule has 0 aliphatic carbocycles. The van der Waals surface area contributed by atoms with E-state index in [-0.39, 0.29) is 45.1 Å². The van der Waals surface area contributed by atoms with Gasteiger partial charge in [-0.1, -0.05) is 28.3 Å². The van der Waals surface area contributed by atoms with Crippen LogP contribution in [0, 0.1) is 6.92 Å². The molecule has 24 heteroatoms. The molecule has 0 spiro atoms. The minimum Gasteiger partial charge on any atom is -0.477 e. The number of carboxylic acids is 1. The number of carbonyl (C=O) groups excluding carboxylic acids is 6. The number of carboxylic acid groups (broad SMARTS) is 1. The van der Waals surface area contributed by atoms with Gasteiger partial charge in [0.2, 0.25) is 0 Å². The molecule has 1 fully saturated rings. The second-order valence-corrected chi connectivity index (χ2v) is 15.0. The van der Waals surface area contributed by atoms with Crippen LogP contribution in [0.3, 0.4) is 0 Å². The molecule has 1 saturated heterocycles. The third-order valence-electron chi connectivity index (χ3n) is 6.77. The van der Waals surface area contributed by atoms with E-state index >= 15 is 0 Å². The lowest BCUT2D eigenvalue weighted by Gasteiger charge is -2.49. The zero-order valence-electron chi connectivity index (χ0n) is 27.6. The van der Waals surface area contributed by atoms with E-state index in [1.54, 1.807) is 6.92 Å². The highest BCUT2D eigenvalue weighted by Crippen LogP contribution is 2.42. The van der Waals surface area contributed by atoms with Crippen molar-refractivity contribution in [3.05, 3.63) is 51.1 Å². The van der Waals surface area contributed by atoms with Crippen LogP contribution in [0.25, 0.3) is 0 Å². The Bertz CT molecular complexity index is 2070. The van der Waals surface area contributed by atoms with Crippen LogP contribution in [0.5, 0.6) is 11.5 Å². The predicted octanol–water partition coefficient (Wildman–Crippen LogP) is 0.449. The number of esters is 2. The predicted molar refractivity (Wildman–Crippen MR) is 189 cm³/mol. The highest BCUT2D eigenvalue weighted by Gasteiger charge is 2.54. The van der Waals surface area contributed by atoms with E-state index < -0.39 is 65.3 Å². The van der Waals surface area contributed by atoms with Gasteiger partial charge in [0.1, 0.15) is 27.8 Å². The molecular formula is C29H27N9O11S4. The number of aromatic nitrogens is 3. The Morgan fingerprint density at radius 3 is 2.47 bits per heavy atom. The number of hydrogen-bond acceptors (Lipinski definition) is 19. The molecule has 2 aliphatic heterocycles. The summed E-state index contributed by atoms with van der Waals surface area (Å²) in [4.78, 5) is 96.9. The molecule has 0 bridgehead atoms. The first kappa shape index (κ1) is 38.6. The van der Waals surface area contributed by atoms with Crippen molar-refractivity contribution in [1.82, 2.24) is 36.2 Å². The second-order valence-electron chi connectivity index (χ2n) is 10.6. The van der Waals surface area contributed by atoms with Crippen LogP contribution in [0.2, 0.25) is 0 Å². The summed E-state index contributed by atoms with van der Waals surface area (Å²) in [5, 5.41) is 25.7. The number of amides is 4. The number of oxime groups is 1. The zero-order chi connectivity index (χ0) is 38.4. The van der Waals surface area contributed by atoms with E-state index in [1.807, 2.05) is 0 Å². The molecule has 2 atom stereocenters. The fraction of sp³-hybridized carbons (Fsp3) is 0.276. The van der Waals surface area contributed by atoms with E-state index in [0.717, 1.165) is 41.2 Å². The van der Waals surface area contributed by atoms with Crippen molar-refractivity contribution in [2.45, 2.75) is 36.5 Å². The SMILES string of the molecule is CC(=O)Oc1ccc(C(=O)NNC(=O)CON=C(C(=O)NC2C(=O)N3C(C(=O)O)=C(CSc4nnc(C)s4)CS[C@@H]23)c2csc(N)n2)cc1OC(C)=O. The largest absolute Gasteiger partial charge is 0.477 e. The number of aryl methyl sites for hydroxylation is 1. The first-order valence-corrected chi connectivity index (χ1v) is 18.6. The van der Waals surface area contributed by atoms with E-state index in [9.17, 15) is 38.7 Å². The van der Waals surface area contributed by atoms with Gasteiger partial charge in [0, 0.05) is 36.3 Å². The van der Waals surface area contributed by atoms with Crippen LogP contribution < -0.4 is 31.4 Å². The van der Waals surface area contributed by atoms with Crippen LogP contribution in [-0.2, 0) is 33.6 Å². The first-order chi connectivity index (χ1) is 25.2. The number of carbonyl (C=O) groups is 7. The Balaban J connectivity index is 1.20. The molecule has 2 aromatic heterocycles. The molecule has 4 heterocycles. The Morgan fingerprint density at radius 1 is 1.09 bits per heavy atom. The molecule has 0 saturated carbocycles. The number of fused-ring (bicyclic) bond motifs is 1. The van der Waals surface area contributed by atoms with Gasteiger partial charge >= 0.3 is 17.9 Å². The molecule has 1 unspecified atom stereocenters. The van der Waals surface area contributed by atoms with Crippen molar-refractivity contribution in [1.29, 1.82) is 0 Å². The summed E-state index contributed by atoms with van der Waals surface area (Å²) in [5.74, 6) is -5.83. The number of thioether (sulfide) groups is 2. The highest BCUT2D eigenvalue weighted by atomic mass is 32.2. The average Bonchev–Trinajstić information content (AvgIpc) is 3.73. The summed E-state index contributed by atoms with van der Waals surface area (Å²) >= 11 is 4.93. The number of benzene rings is 1. The topological polar surface area (TPSA) is 284 Å². The molecule has 3 aromatic rings. The van der Waals surface area contributed by atoms with Crippen LogP contribution in [0.4, 0.5) is 5.13 Å². The maximum absolute atomic E-state index is 13.4. The minimum atomic E-state index is -1.29. The third kappa shape index (κ3) is 9.45. The van der Waals surface area contributed by atoms with E-state index in [2.05, 4.69) is 36.5 Å². The number of rotatable bonds is 13. The van der Waals surface area contributed by atoms with Crippen molar-refractivity contribution in [2.75, 3.05) is 23.8 Å². The van der Waals surface area contributed by atoms with E-state index in [0.29, 0.717) is 9.91 Å². The summed E-state index contributed by atoms with van der Waals surface area (Å²) in [6, 6.07) is 2.46. The Morgan fingerprint density at radius 2 is 1.83 bits per heavy atom. The number of aliphatic carboxylic acids is 1. The van der Waals surface area contributed by atoms with Gasteiger partial charge in [-0.25, -0.2) is 9.78 Å². The van der Waals surface area contributed by atoms with Crippen molar-refractivity contribution in [2.24, 2.45) is 5.16 Å². The van der Waals surface area contributed by atoms with Gasteiger partial charge < -0.3 is 30.5 Å². The molecular weight excluding hydrogens is 779 g/mol. The number of nitrogens with zero attached hydrogens (tertiary/aromatic N) is 5. The summed E-state index contributed by atoms with van der Waals surface area (Å²) in [5.41, 5.74) is 9.74. The van der Waals surface area contributed by atoms with Gasteiger partial charge in [0.15, 0.2) is 33.3 Å². The Kier molecular flexibility index (Phi) is 12.3. The summed E-state index contributed by atoms with van der Waals surface area (Å²) in [7, 11) is 0. The van der Waals surface area contributed by atoms with Crippen LogP contribution in [-0.4, -0.2) is 102 Å². The van der Waals surface area contributed by atoms with Gasteiger partial charge in [-0.2, -0.15) is 0 Å². The monoisotopic (exact) mass is 805 g/mol. The Labute approximate surface area is 314 Å². The molecule has 53 heavy (non-hydrogen) atoms. The van der Waals surface area contributed by atoms with Gasteiger partial charge in [0.05, 0.1) is 0 Å². The number of ether oxygens (including phenoxy) is 2. The first-order valence-electron chi connectivity index (χ1n) is 14.9. The number of hydrogen-bond donors (Lipinski definition) is 5. The molecule has 6 N–H and O–H groups in total. The molecule has 0 radical (unpaired) electrons. The quantitative estimate of drug-likeness (QED) is 0.0391. The average molecular weight is 806 g/mol. The second kappa shape index (κ2) is 16.8. The van der Waals surface area contributed by atoms with E-state index in [4.69, 9.17) is 20.0 Å². The van der Waals surface area contributed by atoms with Gasteiger partial charge in [-0.15, -0.1) is 33.3 Å². The lowest BCUT2D eigenvalue weighted by molar-refractivity contribution is -0.150. The molecule has 5 rings (SSSR count). The summed E-state index contributed by atoms with van der Waals surface area (Å²) in [6.07, 6.45) is 0. The van der Waals surface area contributed by atoms with Crippen molar-refractivity contribution < 1.29 is 53.0 Å². The molecule has 278 valence electrons. The molecule has 2 aliphatic rings. The van der Waals surface area contributed by atoms with Gasteiger partial charge in [-0.05, 0) is 30.7 Å². The normalized spacial score (nSPS) is 16.5. The van der Waals surface area contributed by atoms with Gasteiger partial charge in [0.25, 0.3) is 23.6 Å². The Hall–Kier alpha value is -5.59. The molecule has 4 amide bonds. The smallest absolute Gasteiger partial charge is 0.352 e. The van der Waals surface area contributed by atoms with Gasteiger partial charge in [-0.3, -0.25) is 44.5 Å². The number of thiazole rings is 1. The number of nitrogens with two attached hydrogens (primary N) is 1. The highest BCUT2D eigenvalue weighted by molar-refractivity contribution is 8.01. The molecule has 20 nitrogen and oxygen atoms in total. The summed E-state index contributed by atoms with van der Waals surface area (Å²) < 4.78 is 10.6. The van der Waals surface area contributed by atoms with Crippen LogP contribution in [0.1, 0.15) is 34.9 Å². The number of hydrazine groups is 1. The van der Waals surface area contributed by atoms with Crippen molar-refractivity contribution >= 4 is 98.6 Å². The maximum Gasteiger partial charge on any atom is 0.352 e. The van der Waals surface area contributed by atoms with Crippen LogP contribution in [0.15, 0.2) is 44.3 Å². The van der Waals surface area contributed by atoms with Crippen molar-refractivity contribution in [3.63, 3.8) is 0 Å². The van der Waals surface area contributed by atoms with Crippen LogP contribution >= 0.6 is 46.2 Å². The number of nitrogen functional groups attached to an aromatic ring is 1. The standard InChI is InChI=1S/C29H27N9O11S4/c1-11-33-36-29(53-11)52-9-15-8-50-26-21(25(44)38(26)22(15)27(45)46)32-24(43)20(16-10-51-28(30)31-16)37-47-7-19(41)34-35-23(42)14-4-5-17(48-12(2)39)18(6-14)49-13(3)40/h4-6,10,21,26H,7-9H2,1-3H3,(H2,30,31)(H,32,43)(H,34,41)(H,35,42)(H,45,46)/t21?,26-/m0/s1. The lowest BCUT2D eigenvalue weighted by atomic mass is 10.0. The lowest BCUT2D eigenvalue weighted by Crippen LogP contribution is -2.71.